The molecule has 0 aliphatic carbocycles. The number of hydrogen-bond donors (Lipinski definition) is 2. The van der Waals surface area contributed by atoms with Crippen LogP contribution in [0, 0.1) is 0 Å². The zero-order valence-electron chi connectivity index (χ0n) is 14.4. The Morgan fingerprint density at radius 1 is 1.20 bits per heavy atom. The summed E-state index contributed by atoms with van der Waals surface area (Å²) < 4.78 is 9.77. The molecule has 25 heavy (non-hydrogen) atoms. The van der Waals surface area contributed by atoms with Crippen molar-refractivity contribution < 1.29 is 23.9 Å². The molecule has 1 heterocycles. The number of amides is 3. The fraction of sp³-hybridized carbons (Fsp3) is 0.471. The monoisotopic (exact) mass is 349 g/mol. The van der Waals surface area contributed by atoms with Crippen molar-refractivity contribution in [2.75, 3.05) is 39.2 Å². The van der Waals surface area contributed by atoms with Crippen molar-refractivity contribution in [2.45, 2.75) is 18.9 Å². The van der Waals surface area contributed by atoms with Crippen LogP contribution in [0.4, 0.5) is 10.5 Å². The van der Waals surface area contributed by atoms with Gasteiger partial charge in [0.25, 0.3) is 5.91 Å². The topological polar surface area (TPSA) is 97.0 Å². The van der Waals surface area contributed by atoms with Crippen LogP contribution >= 0.6 is 0 Å². The number of likely N-dealkylation sites (tertiary alicyclic amines) is 1. The van der Waals surface area contributed by atoms with Gasteiger partial charge in [0.15, 0.2) is 0 Å². The van der Waals surface area contributed by atoms with E-state index in [1.807, 2.05) is 0 Å². The van der Waals surface area contributed by atoms with Crippen molar-refractivity contribution in [1.29, 1.82) is 0 Å². The van der Waals surface area contributed by atoms with Gasteiger partial charge < -0.3 is 25.0 Å². The highest BCUT2D eigenvalue weighted by Crippen LogP contribution is 2.15. The summed E-state index contributed by atoms with van der Waals surface area (Å²) >= 11 is 0. The van der Waals surface area contributed by atoms with E-state index in [-0.39, 0.29) is 24.6 Å². The Morgan fingerprint density at radius 2 is 1.92 bits per heavy atom. The predicted octanol–water partition coefficient (Wildman–Crippen LogP) is 1.23. The van der Waals surface area contributed by atoms with Crippen molar-refractivity contribution in [3.05, 3.63) is 29.8 Å². The second kappa shape index (κ2) is 9.03. The quantitative estimate of drug-likeness (QED) is 0.780. The first-order valence-electron chi connectivity index (χ1n) is 8.07. The van der Waals surface area contributed by atoms with Gasteiger partial charge >= 0.3 is 12.0 Å². The Labute approximate surface area is 146 Å². The number of urea groups is 1. The number of anilines is 1. The lowest BCUT2D eigenvalue weighted by Gasteiger charge is -2.31. The Hall–Kier alpha value is -2.61. The second-order valence-corrected chi connectivity index (χ2v) is 5.71. The molecule has 1 aromatic rings. The lowest BCUT2D eigenvalue weighted by molar-refractivity contribution is -0.139. The van der Waals surface area contributed by atoms with Gasteiger partial charge in [0.05, 0.1) is 13.2 Å². The van der Waals surface area contributed by atoms with E-state index in [9.17, 15) is 14.4 Å². The SMILES string of the molecule is COC(=O)CNC(=O)c1ccc(NC(=O)N2CCC[C@@H](OC)C2)cc1. The second-order valence-electron chi connectivity index (χ2n) is 5.71. The standard InChI is InChI=1S/C17H23N3O5/c1-24-14-4-3-9-20(11-14)17(23)19-13-7-5-12(6-8-13)16(22)18-10-15(21)25-2/h5-8,14H,3-4,9-11H2,1-2H3,(H,18,22)(H,19,23)/t14-/m1/s1. The molecule has 3 amide bonds. The average Bonchev–Trinajstić information content (AvgIpc) is 2.66. The molecule has 8 nitrogen and oxygen atoms in total. The number of methoxy groups -OCH3 is 2. The maximum Gasteiger partial charge on any atom is 0.325 e. The smallest absolute Gasteiger partial charge is 0.325 e. The molecule has 0 unspecified atom stereocenters. The zero-order chi connectivity index (χ0) is 18.2. The summed E-state index contributed by atoms with van der Waals surface area (Å²) in [6, 6.07) is 6.25. The molecule has 1 atom stereocenters. The molecule has 0 spiro atoms. The number of carbonyl (C=O) groups excluding carboxylic acids is 3. The van der Waals surface area contributed by atoms with E-state index in [2.05, 4.69) is 15.4 Å². The maximum absolute atomic E-state index is 12.3. The summed E-state index contributed by atoms with van der Waals surface area (Å²) in [5.74, 6) is -0.907. The number of ether oxygens (including phenoxy) is 2. The van der Waals surface area contributed by atoms with Gasteiger partial charge in [0.2, 0.25) is 0 Å². The van der Waals surface area contributed by atoms with Crippen molar-refractivity contribution in [1.82, 2.24) is 10.2 Å². The molecule has 0 bridgehead atoms. The minimum atomic E-state index is -0.520. The molecule has 0 aromatic heterocycles. The van der Waals surface area contributed by atoms with Crippen molar-refractivity contribution in [3.8, 4) is 0 Å². The van der Waals surface area contributed by atoms with Gasteiger partial charge in [-0.15, -0.1) is 0 Å². The van der Waals surface area contributed by atoms with E-state index in [0.717, 1.165) is 12.8 Å². The number of hydrogen-bond acceptors (Lipinski definition) is 5. The Balaban J connectivity index is 1.88. The highest BCUT2D eigenvalue weighted by molar-refractivity contribution is 5.97. The van der Waals surface area contributed by atoms with Crippen LogP contribution in [0.15, 0.2) is 24.3 Å². The third kappa shape index (κ3) is 5.46. The maximum atomic E-state index is 12.3. The molecule has 1 saturated heterocycles. The normalized spacial score (nSPS) is 16.9. The van der Waals surface area contributed by atoms with Gasteiger partial charge in [-0.1, -0.05) is 0 Å². The lowest BCUT2D eigenvalue weighted by Crippen LogP contribution is -2.44. The van der Waals surface area contributed by atoms with Crippen LogP contribution in [0.25, 0.3) is 0 Å². The van der Waals surface area contributed by atoms with Crippen LogP contribution in [0.5, 0.6) is 0 Å². The van der Waals surface area contributed by atoms with Gasteiger partial charge in [-0.2, -0.15) is 0 Å². The first-order chi connectivity index (χ1) is 12.0. The van der Waals surface area contributed by atoms with Crippen molar-refractivity contribution in [2.24, 2.45) is 0 Å². The highest BCUT2D eigenvalue weighted by atomic mass is 16.5. The van der Waals surface area contributed by atoms with E-state index in [0.29, 0.717) is 24.3 Å². The molecule has 8 heteroatoms. The van der Waals surface area contributed by atoms with Gasteiger partial charge in [-0.3, -0.25) is 9.59 Å². The number of esters is 1. The number of rotatable bonds is 5. The minimum Gasteiger partial charge on any atom is -0.468 e. The average molecular weight is 349 g/mol. The molecule has 0 radical (unpaired) electrons. The molecule has 2 N–H and O–H groups in total. The van der Waals surface area contributed by atoms with Gasteiger partial charge in [-0.25, -0.2) is 4.79 Å². The van der Waals surface area contributed by atoms with Crippen LogP contribution < -0.4 is 10.6 Å². The summed E-state index contributed by atoms with van der Waals surface area (Å²) in [6.45, 7) is 1.07. The first-order valence-corrected chi connectivity index (χ1v) is 8.07. The Bertz CT molecular complexity index is 617. The number of piperidine rings is 1. The number of nitrogens with one attached hydrogen (secondary N) is 2. The highest BCUT2D eigenvalue weighted by Gasteiger charge is 2.23. The third-order valence-electron chi connectivity index (χ3n) is 4.02. The zero-order valence-corrected chi connectivity index (χ0v) is 14.4. The summed E-state index contributed by atoms with van der Waals surface area (Å²) in [6.07, 6.45) is 1.93. The Kier molecular flexibility index (Phi) is 6.76. The summed E-state index contributed by atoms with van der Waals surface area (Å²) in [5.41, 5.74) is 0.980. The number of carbonyl (C=O) groups is 3. The largest absolute Gasteiger partial charge is 0.468 e. The molecule has 2 rings (SSSR count). The molecule has 136 valence electrons. The van der Waals surface area contributed by atoms with Gasteiger partial charge in [0.1, 0.15) is 6.54 Å². The van der Waals surface area contributed by atoms with Crippen LogP contribution in [-0.4, -0.2) is 62.8 Å². The van der Waals surface area contributed by atoms with E-state index in [1.165, 1.54) is 7.11 Å². The summed E-state index contributed by atoms with van der Waals surface area (Å²) in [7, 11) is 2.90. The first kappa shape index (κ1) is 18.7. The van der Waals surface area contributed by atoms with Gasteiger partial charge in [-0.05, 0) is 37.1 Å². The Morgan fingerprint density at radius 3 is 2.56 bits per heavy atom. The van der Waals surface area contributed by atoms with Crippen LogP contribution in [0.2, 0.25) is 0 Å². The summed E-state index contributed by atoms with van der Waals surface area (Å²) in [4.78, 5) is 36.9. The molecule has 1 aromatic carbocycles. The molecule has 1 aliphatic rings. The van der Waals surface area contributed by atoms with E-state index in [4.69, 9.17) is 4.74 Å². The third-order valence-corrected chi connectivity index (χ3v) is 4.02. The van der Waals surface area contributed by atoms with E-state index in [1.54, 1.807) is 36.3 Å². The van der Waals surface area contributed by atoms with E-state index < -0.39 is 5.97 Å². The molecule has 1 aliphatic heterocycles. The van der Waals surface area contributed by atoms with E-state index >= 15 is 0 Å². The summed E-state index contributed by atoms with van der Waals surface area (Å²) in [5, 5.41) is 5.26. The predicted molar refractivity (Wildman–Crippen MR) is 91.4 cm³/mol. The van der Waals surface area contributed by atoms with Crippen LogP contribution in [0.3, 0.4) is 0 Å². The molecule has 0 saturated carbocycles. The lowest BCUT2D eigenvalue weighted by atomic mass is 10.1. The fourth-order valence-electron chi connectivity index (χ4n) is 2.55. The minimum absolute atomic E-state index is 0.0698. The molecular formula is C17H23N3O5. The number of benzene rings is 1. The molecular weight excluding hydrogens is 326 g/mol. The number of nitrogens with zero attached hydrogens (tertiary/aromatic N) is 1. The van der Waals surface area contributed by atoms with Crippen LogP contribution in [0.1, 0.15) is 23.2 Å². The van der Waals surface area contributed by atoms with Gasteiger partial charge in [0, 0.05) is 31.5 Å². The van der Waals surface area contributed by atoms with Crippen molar-refractivity contribution in [3.63, 3.8) is 0 Å². The van der Waals surface area contributed by atoms with Crippen LogP contribution in [-0.2, 0) is 14.3 Å². The fourth-order valence-corrected chi connectivity index (χ4v) is 2.55. The van der Waals surface area contributed by atoms with Crippen molar-refractivity contribution >= 4 is 23.6 Å². The molecule has 1 fully saturated rings.